The Balaban J connectivity index is 1.69. The minimum atomic E-state index is -3.26. The van der Waals surface area contributed by atoms with Crippen molar-refractivity contribution in [3.63, 3.8) is 0 Å². The van der Waals surface area contributed by atoms with Crippen molar-refractivity contribution in [2.45, 2.75) is 23.8 Å². The van der Waals surface area contributed by atoms with Crippen molar-refractivity contribution >= 4 is 9.84 Å². The zero-order chi connectivity index (χ0) is 18.7. The van der Waals surface area contributed by atoms with Gasteiger partial charge in [0.2, 0.25) is 11.7 Å². The van der Waals surface area contributed by atoms with Gasteiger partial charge in [0.1, 0.15) is 5.82 Å². The third kappa shape index (κ3) is 4.33. The van der Waals surface area contributed by atoms with Crippen LogP contribution in [0.2, 0.25) is 0 Å². The number of hydrogen-bond donors (Lipinski definition) is 1. The van der Waals surface area contributed by atoms with E-state index in [1.807, 2.05) is 0 Å². The van der Waals surface area contributed by atoms with Gasteiger partial charge in [-0.15, -0.1) is 0 Å². The van der Waals surface area contributed by atoms with Crippen LogP contribution in [0, 0.1) is 5.82 Å². The Bertz CT molecular complexity index is 1000. The first kappa shape index (κ1) is 18.2. The molecule has 0 aliphatic carbocycles. The number of halogens is 1. The molecule has 3 rings (SSSR count). The number of nitrogens with zero attached hydrogens (tertiary/aromatic N) is 2. The van der Waals surface area contributed by atoms with Crippen molar-refractivity contribution < 1.29 is 17.3 Å². The molecule has 0 saturated heterocycles. The molecule has 0 fully saturated rings. The summed E-state index contributed by atoms with van der Waals surface area (Å²) in [4.78, 5) is 4.49. The van der Waals surface area contributed by atoms with Crippen LogP contribution in [0.5, 0.6) is 0 Å². The first-order chi connectivity index (χ1) is 12.3. The number of sulfone groups is 1. The molecule has 0 saturated carbocycles. The summed E-state index contributed by atoms with van der Waals surface area (Å²) in [6.07, 6.45) is 1.81. The first-order valence-corrected chi connectivity index (χ1v) is 9.84. The summed E-state index contributed by atoms with van der Waals surface area (Å²) in [7, 11) is -3.26. The van der Waals surface area contributed by atoms with Crippen LogP contribution in [-0.4, -0.2) is 30.9 Å². The van der Waals surface area contributed by atoms with E-state index in [2.05, 4.69) is 10.1 Å². The smallest absolute Gasteiger partial charge is 0.228 e. The van der Waals surface area contributed by atoms with E-state index < -0.39 is 9.84 Å². The van der Waals surface area contributed by atoms with Crippen molar-refractivity contribution in [1.82, 2.24) is 10.1 Å². The second kappa shape index (κ2) is 7.35. The standard InChI is InChI=1S/C18H18FN3O3S/c1-26(23,24)15-8-6-12(7-9-15)18-21-17(25-22-18)11-14(20)10-13-4-2-3-5-16(13)19/h2-9,14H,10-11,20H2,1H3/t14-/m1/s1. The lowest BCUT2D eigenvalue weighted by atomic mass is 10.0. The summed E-state index contributed by atoms with van der Waals surface area (Å²) >= 11 is 0. The molecule has 1 aromatic heterocycles. The van der Waals surface area contributed by atoms with Gasteiger partial charge >= 0.3 is 0 Å². The van der Waals surface area contributed by atoms with Gasteiger partial charge in [0.15, 0.2) is 9.84 Å². The van der Waals surface area contributed by atoms with E-state index in [4.69, 9.17) is 10.3 Å². The van der Waals surface area contributed by atoms with Crippen LogP contribution in [0.1, 0.15) is 11.5 Å². The van der Waals surface area contributed by atoms with E-state index in [9.17, 15) is 12.8 Å². The van der Waals surface area contributed by atoms with Crippen molar-refractivity contribution in [2.75, 3.05) is 6.26 Å². The molecule has 1 atom stereocenters. The molecule has 0 spiro atoms. The van der Waals surface area contributed by atoms with Crippen molar-refractivity contribution in [3.8, 4) is 11.4 Å². The van der Waals surface area contributed by atoms with E-state index in [-0.39, 0.29) is 16.8 Å². The average molecular weight is 375 g/mol. The van der Waals surface area contributed by atoms with E-state index in [0.29, 0.717) is 35.7 Å². The summed E-state index contributed by atoms with van der Waals surface area (Å²) < 4.78 is 41.9. The monoisotopic (exact) mass is 375 g/mol. The number of rotatable bonds is 6. The van der Waals surface area contributed by atoms with Crippen LogP contribution in [0.25, 0.3) is 11.4 Å². The summed E-state index contributed by atoms with van der Waals surface area (Å²) in [5, 5.41) is 3.89. The Morgan fingerprint density at radius 3 is 2.46 bits per heavy atom. The van der Waals surface area contributed by atoms with Crippen LogP contribution in [0.15, 0.2) is 57.9 Å². The van der Waals surface area contributed by atoms with Gasteiger partial charge in [-0.05, 0) is 42.3 Å². The molecule has 0 radical (unpaired) electrons. The van der Waals surface area contributed by atoms with Gasteiger partial charge in [-0.3, -0.25) is 0 Å². The van der Waals surface area contributed by atoms with Crippen LogP contribution in [-0.2, 0) is 22.7 Å². The van der Waals surface area contributed by atoms with E-state index in [0.717, 1.165) is 6.26 Å². The Hall–Kier alpha value is -2.58. The minimum absolute atomic E-state index is 0.219. The highest BCUT2D eigenvalue weighted by molar-refractivity contribution is 7.90. The molecule has 2 aromatic carbocycles. The molecule has 26 heavy (non-hydrogen) atoms. The van der Waals surface area contributed by atoms with Crippen molar-refractivity contribution in [1.29, 1.82) is 0 Å². The summed E-state index contributed by atoms with van der Waals surface area (Å²) in [5.41, 5.74) is 7.23. The maximum atomic E-state index is 13.7. The lowest BCUT2D eigenvalue weighted by Crippen LogP contribution is -2.26. The molecule has 0 aliphatic heterocycles. The number of aromatic nitrogens is 2. The van der Waals surface area contributed by atoms with Gasteiger partial charge < -0.3 is 10.3 Å². The zero-order valence-electron chi connectivity index (χ0n) is 14.1. The maximum Gasteiger partial charge on any atom is 0.228 e. The lowest BCUT2D eigenvalue weighted by Gasteiger charge is -2.09. The molecule has 8 heteroatoms. The lowest BCUT2D eigenvalue weighted by molar-refractivity contribution is 0.368. The number of benzene rings is 2. The molecular weight excluding hydrogens is 357 g/mol. The zero-order valence-corrected chi connectivity index (χ0v) is 14.9. The van der Waals surface area contributed by atoms with Gasteiger partial charge in [0.25, 0.3) is 0 Å². The minimum Gasteiger partial charge on any atom is -0.339 e. The largest absolute Gasteiger partial charge is 0.339 e. The van der Waals surface area contributed by atoms with Crippen LogP contribution in [0.4, 0.5) is 4.39 Å². The summed E-state index contributed by atoms with van der Waals surface area (Å²) in [5.74, 6) is 0.398. The average Bonchev–Trinajstić information content (AvgIpc) is 3.05. The normalized spacial score (nSPS) is 12.9. The van der Waals surface area contributed by atoms with Crippen LogP contribution < -0.4 is 5.73 Å². The SMILES string of the molecule is CS(=O)(=O)c1ccc(-c2noc(C[C@H](N)Cc3ccccc3F)n2)cc1. The summed E-state index contributed by atoms with van der Waals surface area (Å²) in [6.45, 7) is 0. The van der Waals surface area contributed by atoms with E-state index in [1.165, 1.54) is 18.2 Å². The number of nitrogens with two attached hydrogens (primary N) is 1. The molecule has 0 unspecified atom stereocenters. The fourth-order valence-corrected chi connectivity index (χ4v) is 3.18. The Morgan fingerprint density at radius 2 is 1.81 bits per heavy atom. The van der Waals surface area contributed by atoms with Crippen LogP contribution >= 0.6 is 0 Å². The predicted molar refractivity (Wildman–Crippen MR) is 94.6 cm³/mol. The Morgan fingerprint density at radius 1 is 1.12 bits per heavy atom. The first-order valence-electron chi connectivity index (χ1n) is 7.95. The molecule has 136 valence electrons. The topological polar surface area (TPSA) is 99.1 Å². The van der Waals surface area contributed by atoms with Gasteiger partial charge in [0.05, 0.1) is 4.90 Å². The third-order valence-electron chi connectivity index (χ3n) is 3.89. The molecule has 6 nitrogen and oxygen atoms in total. The van der Waals surface area contributed by atoms with E-state index >= 15 is 0 Å². The fraction of sp³-hybridized carbons (Fsp3) is 0.222. The molecule has 0 aliphatic rings. The Kier molecular flexibility index (Phi) is 5.15. The second-order valence-corrected chi connectivity index (χ2v) is 8.08. The van der Waals surface area contributed by atoms with Gasteiger partial charge in [-0.25, -0.2) is 12.8 Å². The fourth-order valence-electron chi connectivity index (χ4n) is 2.55. The van der Waals surface area contributed by atoms with Crippen LogP contribution in [0.3, 0.4) is 0 Å². The molecule has 2 N–H and O–H groups in total. The molecule has 3 aromatic rings. The van der Waals surface area contributed by atoms with Gasteiger partial charge in [0, 0.05) is 24.3 Å². The van der Waals surface area contributed by atoms with Gasteiger partial charge in [-0.2, -0.15) is 4.98 Å². The second-order valence-electron chi connectivity index (χ2n) is 6.07. The van der Waals surface area contributed by atoms with Crippen molar-refractivity contribution in [2.24, 2.45) is 5.73 Å². The Labute approximate surface area is 150 Å². The number of hydrogen-bond acceptors (Lipinski definition) is 6. The molecule has 1 heterocycles. The quantitative estimate of drug-likeness (QED) is 0.710. The highest BCUT2D eigenvalue weighted by atomic mass is 32.2. The summed E-state index contributed by atoms with van der Waals surface area (Å²) in [6, 6.07) is 12.3. The highest BCUT2D eigenvalue weighted by Gasteiger charge is 2.15. The highest BCUT2D eigenvalue weighted by Crippen LogP contribution is 2.19. The molecule has 0 amide bonds. The molecule has 0 bridgehead atoms. The van der Waals surface area contributed by atoms with E-state index in [1.54, 1.807) is 30.3 Å². The molecular formula is C18H18FN3O3S. The predicted octanol–water partition coefficient (Wildman–Crippen LogP) is 2.39. The maximum absolute atomic E-state index is 13.7. The van der Waals surface area contributed by atoms with Crippen molar-refractivity contribution in [3.05, 3.63) is 65.8 Å². The third-order valence-corrected chi connectivity index (χ3v) is 5.01. The van der Waals surface area contributed by atoms with Gasteiger partial charge in [-0.1, -0.05) is 23.4 Å².